The first-order valence-electron chi connectivity index (χ1n) is 10.8. The Balaban J connectivity index is 1.38. The van der Waals surface area contributed by atoms with E-state index in [2.05, 4.69) is 10.2 Å². The van der Waals surface area contributed by atoms with Crippen LogP contribution in [0.1, 0.15) is 15.9 Å². The Kier molecular flexibility index (Phi) is 6.05. The predicted octanol–water partition coefficient (Wildman–Crippen LogP) is 4.61. The summed E-state index contributed by atoms with van der Waals surface area (Å²) in [6, 6.07) is 26.6. The molecule has 7 nitrogen and oxygen atoms in total. The monoisotopic (exact) mass is 471 g/mol. The molecular formula is C26H21N3O4S. The molecule has 0 spiro atoms. The highest BCUT2D eigenvalue weighted by Gasteiger charge is 2.32. The van der Waals surface area contributed by atoms with Crippen LogP contribution in [0.5, 0.6) is 0 Å². The van der Waals surface area contributed by atoms with E-state index in [4.69, 9.17) is 4.74 Å². The van der Waals surface area contributed by atoms with Crippen LogP contribution in [0.3, 0.4) is 0 Å². The Morgan fingerprint density at radius 2 is 1.56 bits per heavy atom. The van der Waals surface area contributed by atoms with E-state index in [1.54, 1.807) is 4.90 Å². The molecular weight excluding hydrogens is 450 g/mol. The van der Waals surface area contributed by atoms with Crippen molar-refractivity contribution in [3.05, 3.63) is 101 Å². The third-order valence-corrected chi connectivity index (χ3v) is 6.42. The molecule has 1 fully saturated rings. The third-order valence-electron chi connectivity index (χ3n) is 5.56. The van der Waals surface area contributed by atoms with Gasteiger partial charge in [-0.05, 0) is 36.0 Å². The summed E-state index contributed by atoms with van der Waals surface area (Å²) in [5.41, 5.74) is 3.16. The first kappa shape index (κ1) is 21.8. The van der Waals surface area contributed by atoms with E-state index in [0.717, 1.165) is 23.1 Å². The van der Waals surface area contributed by atoms with Crippen LogP contribution in [0.2, 0.25) is 0 Å². The highest BCUT2D eigenvalue weighted by atomic mass is 32.2. The average molecular weight is 472 g/mol. The number of anilines is 2. The lowest BCUT2D eigenvalue weighted by Crippen LogP contribution is -2.46. The number of thioether (sulfide) groups is 1. The summed E-state index contributed by atoms with van der Waals surface area (Å²) in [4.78, 5) is 41.3. The van der Waals surface area contributed by atoms with Crippen LogP contribution in [0, 0.1) is 0 Å². The van der Waals surface area contributed by atoms with Crippen LogP contribution < -0.4 is 10.2 Å². The maximum atomic E-state index is 13.2. The van der Waals surface area contributed by atoms with Gasteiger partial charge < -0.3 is 14.5 Å². The summed E-state index contributed by atoms with van der Waals surface area (Å²) in [5.74, 6) is -0.228. The number of nitrogens with zero attached hydrogens (tertiary/aromatic N) is 2. The standard InChI is InChI=1S/C26H21N3O4S/c30-24-23(34-26(32)27-24)22(18-9-3-1-4-10-18)33-16-15-28-17-29(19-11-5-2-6-12-19)21-14-8-7-13-20(21)25(28)31/h1-14H,15-17H2,(H,27,30,32). The van der Waals surface area contributed by atoms with Crippen LogP contribution in [0.4, 0.5) is 16.2 Å². The minimum atomic E-state index is -0.480. The minimum absolute atomic E-state index is 0.0801. The van der Waals surface area contributed by atoms with Crippen molar-refractivity contribution in [3.63, 3.8) is 0 Å². The van der Waals surface area contributed by atoms with E-state index >= 15 is 0 Å². The molecule has 2 aliphatic rings. The molecule has 2 heterocycles. The Labute approximate surface area is 201 Å². The van der Waals surface area contributed by atoms with Gasteiger partial charge in [-0.15, -0.1) is 0 Å². The fourth-order valence-electron chi connectivity index (χ4n) is 3.96. The molecule has 0 aromatic heterocycles. The van der Waals surface area contributed by atoms with Gasteiger partial charge >= 0.3 is 0 Å². The lowest BCUT2D eigenvalue weighted by atomic mass is 10.1. The first-order chi connectivity index (χ1) is 16.6. The molecule has 0 bridgehead atoms. The molecule has 1 saturated heterocycles. The van der Waals surface area contributed by atoms with Crippen molar-refractivity contribution in [1.29, 1.82) is 0 Å². The van der Waals surface area contributed by atoms with Gasteiger partial charge in [0.05, 0.1) is 24.5 Å². The maximum absolute atomic E-state index is 13.2. The second kappa shape index (κ2) is 9.44. The maximum Gasteiger partial charge on any atom is 0.291 e. The molecule has 0 atom stereocenters. The molecule has 170 valence electrons. The number of hydrogen-bond donors (Lipinski definition) is 1. The lowest BCUT2D eigenvalue weighted by molar-refractivity contribution is -0.115. The molecule has 2 aliphatic heterocycles. The number of ether oxygens (including phenoxy) is 1. The number of amides is 3. The van der Waals surface area contributed by atoms with Gasteiger partial charge in [0, 0.05) is 11.3 Å². The van der Waals surface area contributed by atoms with Gasteiger partial charge in [0.2, 0.25) is 0 Å². The zero-order chi connectivity index (χ0) is 23.5. The van der Waals surface area contributed by atoms with E-state index in [0.29, 0.717) is 30.1 Å². The largest absolute Gasteiger partial charge is 0.490 e. The van der Waals surface area contributed by atoms with Gasteiger partial charge in [0.1, 0.15) is 17.3 Å². The fourth-order valence-corrected chi connectivity index (χ4v) is 4.71. The SMILES string of the molecule is O=C1NC(=O)C(=C(OCCN2CN(c3ccccc3)c3ccccc3C2=O)c2ccccc2)S1. The molecule has 34 heavy (non-hydrogen) atoms. The van der Waals surface area contributed by atoms with Crippen molar-refractivity contribution < 1.29 is 19.1 Å². The number of carbonyl (C=O) groups is 3. The molecule has 0 aliphatic carbocycles. The number of nitrogens with one attached hydrogen (secondary N) is 1. The quantitative estimate of drug-likeness (QED) is 0.418. The number of hydrogen-bond acceptors (Lipinski definition) is 6. The summed E-state index contributed by atoms with van der Waals surface area (Å²) in [6.07, 6.45) is 0. The average Bonchev–Trinajstić information content (AvgIpc) is 3.21. The highest BCUT2D eigenvalue weighted by molar-refractivity contribution is 8.18. The van der Waals surface area contributed by atoms with Crippen molar-refractivity contribution in [3.8, 4) is 0 Å². The number of carbonyl (C=O) groups excluding carboxylic acids is 3. The summed E-state index contributed by atoms with van der Waals surface area (Å²) in [5, 5.41) is 1.84. The summed E-state index contributed by atoms with van der Waals surface area (Å²) >= 11 is 0.818. The molecule has 3 amide bonds. The lowest BCUT2D eigenvalue weighted by Gasteiger charge is -2.38. The van der Waals surface area contributed by atoms with Crippen LogP contribution in [-0.4, -0.2) is 41.8 Å². The smallest absolute Gasteiger partial charge is 0.291 e. The molecule has 0 saturated carbocycles. The van der Waals surface area contributed by atoms with Crippen molar-refractivity contribution in [2.75, 3.05) is 24.7 Å². The summed E-state index contributed by atoms with van der Waals surface area (Å²) in [7, 11) is 0. The van der Waals surface area contributed by atoms with Gasteiger partial charge in [0.15, 0.2) is 0 Å². The molecule has 3 aromatic carbocycles. The zero-order valence-corrected chi connectivity index (χ0v) is 19.0. The van der Waals surface area contributed by atoms with E-state index in [-0.39, 0.29) is 17.4 Å². The van der Waals surface area contributed by atoms with Crippen LogP contribution in [-0.2, 0) is 9.53 Å². The molecule has 5 rings (SSSR count). The highest BCUT2D eigenvalue weighted by Crippen LogP contribution is 2.34. The Morgan fingerprint density at radius 3 is 2.26 bits per heavy atom. The molecule has 0 radical (unpaired) electrons. The first-order valence-corrected chi connectivity index (χ1v) is 11.6. The molecule has 8 heteroatoms. The second-order valence-electron chi connectivity index (χ2n) is 7.71. The topological polar surface area (TPSA) is 79.0 Å². The van der Waals surface area contributed by atoms with Gasteiger partial charge in [-0.25, -0.2) is 0 Å². The van der Waals surface area contributed by atoms with Crippen LogP contribution in [0.25, 0.3) is 5.76 Å². The Hall–Kier alpha value is -4.04. The van der Waals surface area contributed by atoms with Gasteiger partial charge in [0.25, 0.3) is 17.1 Å². The van der Waals surface area contributed by atoms with Crippen molar-refractivity contribution in [2.45, 2.75) is 0 Å². The number of imide groups is 1. The van der Waals surface area contributed by atoms with Crippen molar-refractivity contribution in [1.82, 2.24) is 10.2 Å². The zero-order valence-electron chi connectivity index (χ0n) is 18.1. The van der Waals surface area contributed by atoms with E-state index in [9.17, 15) is 14.4 Å². The van der Waals surface area contributed by atoms with E-state index in [1.165, 1.54) is 0 Å². The van der Waals surface area contributed by atoms with Gasteiger partial charge in [-0.3, -0.25) is 19.7 Å². The summed E-state index contributed by atoms with van der Waals surface area (Å²) in [6.45, 7) is 0.834. The number of benzene rings is 3. The molecule has 3 aromatic rings. The van der Waals surface area contributed by atoms with Crippen molar-refractivity contribution in [2.24, 2.45) is 0 Å². The number of rotatable bonds is 6. The van der Waals surface area contributed by atoms with Crippen LogP contribution >= 0.6 is 11.8 Å². The number of para-hydroxylation sites is 2. The Bertz CT molecular complexity index is 1280. The van der Waals surface area contributed by atoms with Crippen molar-refractivity contribution >= 4 is 45.9 Å². The Morgan fingerprint density at radius 1 is 0.882 bits per heavy atom. The second-order valence-corrected chi connectivity index (χ2v) is 8.69. The molecule has 0 unspecified atom stereocenters. The number of fused-ring (bicyclic) bond motifs is 1. The normalized spacial score (nSPS) is 16.9. The minimum Gasteiger partial charge on any atom is -0.490 e. The molecule has 1 N–H and O–H groups in total. The summed E-state index contributed by atoms with van der Waals surface area (Å²) < 4.78 is 6.04. The third kappa shape index (κ3) is 4.27. The van der Waals surface area contributed by atoms with Crippen LogP contribution in [0.15, 0.2) is 89.8 Å². The van der Waals surface area contributed by atoms with Gasteiger partial charge in [-0.1, -0.05) is 60.7 Å². The van der Waals surface area contributed by atoms with E-state index in [1.807, 2.05) is 84.9 Å². The fraction of sp³-hybridized carbons (Fsp3) is 0.115. The van der Waals surface area contributed by atoms with Gasteiger partial charge in [-0.2, -0.15) is 0 Å². The van der Waals surface area contributed by atoms with E-state index < -0.39 is 11.1 Å². The predicted molar refractivity (Wildman–Crippen MR) is 131 cm³/mol.